The van der Waals surface area contributed by atoms with E-state index in [1.165, 1.54) is 0 Å². The van der Waals surface area contributed by atoms with Crippen LogP contribution in [0.5, 0.6) is 0 Å². The summed E-state index contributed by atoms with van der Waals surface area (Å²) in [4.78, 5) is 0. The second kappa shape index (κ2) is 5.36. The van der Waals surface area contributed by atoms with E-state index in [0.717, 1.165) is 16.9 Å². The first kappa shape index (κ1) is 12.8. The van der Waals surface area contributed by atoms with Crippen molar-refractivity contribution < 1.29 is 8.81 Å². The van der Waals surface area contributed by atoms with E-state index in [2.05, 4.69) is 5.32 Å². The number of halogens is 1. The van der Waals surface area contributed by atoms with Gasteiger partial charge in [-0.2, -0.15) is 0 Å². The predicted octanol–water partition coefficient (Wildman–Crippen LogP) is 3.63. The molecule has 3 heteroatoms. The Kier molecular flexibility index (Phi) is 3.82. The summed E-state index contributed by atoms with van der Waals surface area (Å²) < 4.78 is 18.8. The molecule has 18 heavy (non-hydrogen) atoms. The van der Waals surface area contributed by atoms with Gasteiger partial charge in [-0.3, -0.25) is 0 Å². The van der Waals surface area contributed by atoms with Crippen LogP contribution in [-0.4, -0.2) is 0 Å². The fourth-order valence-corrected chi connectivity index (χ4v) is 2.04. The smallest absolute Gasteiger partial charge is 0.129 e. The highest BCUT2D eigenvalue weighted by atomic mass is 19.1. The first-order valence-electron chi connectivity index (χ1n) is 6.07. The molecule has 1 heterocycles. The molecule has 0 aliphatic rings. The third kappa shape index (κ3) is 2.79. The maximum Gasteiger partial charge on any atom is 0.129 e. The SMILES string of the molecule is Cc1ccoc1CNCc1cc(C)c(F)c(C)c1. The molecule has 0 unspecified atom stereocenters. The van der Waals surface area contributed by atoms with Gasteiger partial charge in [-0.1, -0.05) is 12.1 Å². The first-order valence-corrected chi connectivity index (χ1v) is 6.07. The number of hydrogen-bond donors (Lipinski definition) is 1. The second-order valence-electron chi connectivity index (χ2n) is 4.67. The van der Waals surface area contributed by atoms with Gasteiger partial charge in [-0.05, 0) is 49.1 Å². The van der Waals surface area contributed by atoms with Crippen molar-refractivity contribution in [2.75, 3.05) is 0 Å². The van der Waals surface area contributed by atoms with Crippen LogP contribution >= 0.6 is 0 Å². The maximum atomic E-state index is 13.5. The van der Waals surface area contributed by atoms with Crippen LogP contribution < -0.4 is 5.32 Å². The average Bonchev–Trinajstić information content (AvgIpc) is 2.72. The Hall–Kier alpha value is -1.61. The van der Waals surface area contributed by atoms with Crippen molar-refractivity contribution in [2.45, 2.75) is 33.9 Å². The van der Waals surface area contributed by atoms with Gasteiger partial charge in [0, 0.05) is 6.54 Å². The van der Waals surface area contributed by atoms with E-state index in [-0.39, 0.29) is 5.82 Å². The van der Waals surface area contributed by atoms with E-state index >= 15 is 0 Å². The minimum atomic E-state index is -0.111. The van der Waals surface area contributed by atoms with Crippen LogP contribution in [0.15, 0.2) is 28.9 Å². The maximum absolute atomic E-state index is 13.5. The zero-order valence-corrected chi connectivity index (χ0v) is 11.0. The van der Waals surface area contributed by atoms with Crippen LogP contribution in [0, 0.1) is 26.6 Å². The van der Waals surface area contributed by atoms with Crippen molar-refractivity contribution in [3.05, 3.63) is 58.3 Å². The standard InChI is InChI=1S/C15H18FNO/c1-10-4-5-18-14(10)9-17-8-13-6-11(2)15(16)12(3)7-13/h4-7,17H,8-9H2,1-3H3. The van der Waals surface area contributed by atoms with Crippen LogP contribution in [-0.2, 0) is 13.1 Å². The van der Waals surface area contributed by atoms with E-state index in [0.29, 0.717) is 24.2 Å². The molecule has 2 aromatic rings. The van der Waals surface area contributed by atoms with Gasteiger partial charge in [0.15, 0.2) is 0 Å². The van der Waals surface area contributed by atoms with Crippen molar-refractivity contribution >= 4 is 0 Å². The Morgan fingerprint density at radius 2 is 1.72 bits per heavy atom. The fourth-order valence-electron chi connectivity index (χ4n) is 2.04. The van der Waals surface area contributed by atoms with E-state index in [1.54, 1.807) is 20.1 Å². The lowest BCUT2D eigenvalue weighted by Gasteiger charge is -2.08. The second-order valence-corrected chi connectivity index (χ2v) is 4.67. The van der Waals surface area contributed by atoms with Gasteiger partial charge >= 0.3 is 0 Å². The molecule has 0 aliphatic heterocycles. The normalized spacial score (nSPS) is 10.9. The summed E-state index contributed by atoms with van der Waals surface area (Å²) >= 11 is 0. The summed E-state index contributed by atoms with van der Waals surface area (Å²) in [6.45, 7) is 7.01. The van der Waals surface area contributed by atoms with Gasteiger partial charge in [0.05, 0.1) is 12.8 Å². The molecular weight excluding hydrogens is 229 g/mol. The quantitative estimate of drug-likeness (QED) is 0.892. The van der Waals surface area contributed by atoms with Crippen LogP contribution in [0.25, 0.3) is 0 Å². The van der Waals surface area contributed by atoms with Gasteiger partial charge in [-0.15, -0.1) is 0 Å². The molecule has 96 valence electrons. The summed E-state index contributed by atoms with van der Waals surface area (Å²) in [6.07, 6.45) is 1.69. The van der Waals surface area contributed by atoms with E-state index in [4.69, 9.17) is 4.42 Å². The Balaban J connectivity index is 1.97. The van der Waals surface area contributed by atoms with Gasteiger partial charge in [-0.25, -0.2) is 4.39 Å². The van der Waals surface area contributed by atoms with E-state index in [9.17, 15) is 4.39 Å². The molecular formula is C15H18FNO. The third-order valence-corrected chi connectivity index (χ3v) is 3.08. The lowest BCUT2D eigenvalue weighted by molar-refractivity contribution is 0.480. The van der Waals surface area contributed by atoms with Crippen LogP contribution in [0.1, 0.15) is 28.0 Å². The molecule has 0 fully saturated rings. The summed E-state index contributed by atoms with van der Waals surface area (Å²) in [5.74, 6) is 0.839. The van der Waals surface area contributed by atoms with Crippen LogP contribution in [0.4, 0.5) is 4.39 Å². The van der Waals surface area contributed by atoms with E-state index in [1.807, 2.05) is 25.1 Å². The molecule has 0 atom stereocenters. The molecule has 0 amide bonds. The van der Waals surface area contributed by atoms with Crippen LogP contribution in [0.2, 0.25) is 0 Å². The van der Waals surface area contributed by atoms with Gasteiger partial charge in [0.2, 0.25) is 0 Å². The van der Waals surface area contributed by atoms with Crippen molar-refractivity contribution in [2.24, 2.45) is 0 Å². The zero-order chi connectivity index (χ0) is 13.1. The molecule has 1 N–H and O–H groups in total. The Morgan fingerprint density at radius 1 is 1.06 bits per heavy atom. The lowest BCUT2D eigenvalue weighted by atomic mass is 10.1. The minimum absolute atomic E-state index is 0.111. The summed E-state index contributed by atoms with van der Waals surface area (Å²) in [6, 6.07) is 5.71. The number of aryl methyl sites for hydroxylation is 3. The minimum Gasteiger partial charge on any atom is -0.468 e. The van der Waals surface area contributed by atoms with Crippen LogP contribution in [0.3, 0.4) is 0 Å². The van der Waals surface area contributed by atoms with Gasteiger partial charge < -0.3 is 9.73 Å². The summed E-state index contributed by atoms with van der Waals surface area (Å²) in [7, 11) is 0. The molecule has 1 aromatic carbocycles. The number of benzene rings is 1. The number of furan rings is 1. The molecule has 0 bridgehead atoms. The molecule has 0 saturated carbocycles. The predicted molar refractivity (Wildman–Crippen MR) is 69.9 cm³/mol. The summed E-state index contributed by atoms with van der Waals surface area (Å²) in [5, 5.41) is 3.30. The monoisotopic (exact) mass is 247 g/mol. The molecule has 2 rings (SSSR count). The van der Waals surface area contributed by atoms with Crippen molar-refractivity contribution in [3.63, 3.8) is 0 Å². The highest BCUT2D eigenvalue weighted by Gasteiger charge is 2.05. The molecule has 1 aromatic heterocycles. The third-order valence-electron chi connectivity index (χ3n) is 3.08. The van der Waals surface area contributed by atoms with Crippen molar-refractivity contribution in [1.29, 1.82) is 0 Å². The zero-order valence-electron chi connectivity index (χ0n) is 11.0. The largest absolute Gasteiger partial charge is 0.468 e. The van der Waals surface area contributed by atoms with Crippen molar-refractivity contribution in [3.8, 4) is 0 Å². The number of nitrogens with one attached hydrogen (secondary N) is 1. The number of rotatable bonds is 4. The fraction of sp³-hybridized carbons (Fsp3) is 0.333. The Labute approximate surface area is 107 Å². The lowest BCUT2D eigenvalue weighted by Crippen LogP contribution is -2.13. The Bertz CT molecular complexity index is 522. The van der Waals surface area contributed by atoms with Gasteiger partial charge in [0.25, 0.3) is 0 Å². The van der Waals surface area contributed by atoms with Gasteiger partial charge in [0.1, 0.15) is 11.6 Å². The molecule has 2 nitrogen and oxygen atoms in total. The van der Waals surface area contributed by atoms with E-state index < -0.39 is 0 Å². The topological polar surface area (TPSA) is 25.2 Å². The number of hydrogen-bond acceptors (Lipinski definition) is 2. The first-order chi connectivity index (χ1) is 8.58. The molecule has 0 aliphatic carbocycles. The Morgan fingerprint density at radius 3 is 2.28 bits per heavy atom. The summed E-state index contributed by atoms with van der Waals surface area (Å²) in [5.41, 5.74) is 3.63. The molecule has 0 saturated heterocycles. The van der Waals surface area contributed by atoms with Crippen molar-refractivity contribution in [1.82, 2.24) is 5.32 Å². The molecule has 0 spiro atoms. The highest BCUT2D eigenvalue weighted by molar-refractivity contribution is 5.30. The molecule has 0 radical (unpaired) electrons. The highest BCUT2D eigenvalue weighted by Crippen LogP contribution is 2.15. The average molecular weight is 247 g/mol.